The summed E-state index contributed by atoms with van der Waals surface area (Å²) >= 11 is 0. The van der Waals surface area contributed by atoms with Gasteiger partial charge >= 0.3 is 5.63 Å². The molecule has 2 aromatic carbocycles. The van der Waals surface area contributed by atoms with Gasteiger partial charge in [-0.05, 0) is 61.6 Å². The van der Waals surface area contributed by atoms with Gasteiger partial charge in [0.15, 0.2) is 11.5 Å². The highest BCUT2D eigenvalue weighted by Crippen LogP contribution is 2.31. The molecule has 0 spiro atoms. The van der Waals surface area contributed by atoms with Gasteiger partial charge in [-0.25, -0.2) is 4.79 Å². The fourth-order valence-corrected chi connectivity index (χ4v) is 3.53. The number of nitriles is 1. The van der Waals surface area contributed by atoms with Crippen LogP contribution in [0.15, 0.2) is 45.6 Å². The first kappa shape index (κ1) is 17.2. The van der Waals surface area contributed by atoms with Crippen molar-refractivity contribution in [2.24, 2.45) is 0 Å². The Bertz CT molecular complexity index is 1110. The Labute approximate surface area is 156 Å². The van der Waals surface area contributed by atoms with E-state index in [1.54, 1.807) is 18.2 Å². The first-order valence-electron chi connectivity index (χ1n) is 9.06. The smallest absolute Gasteiger partial charge is 0.336 e. The second-order valence-electron chi connectivity index (χ2n) is 6.56. The topological polar surface area (TPSA) is 72.5 Å². The molecule has 0 unspecified atom stereocenters. The van der Waals surface area contributed by atoms with Crippen LogP contribution in [0.3, 0.4) is 0 Å². The lowest BCUT2D eigenvalue weighted by Gasteiger charge is -2.13. The molecule has 1 heterocycles. The normalized spacial score (nSPS) is 12.6. The maximum absolute atomic E-state index is 12.0. The Balaban J connectivity index is 1.68. The van der Waals surface area contributed by atoms with E-state index in [0.29, 0.717) is 29.3 Å². The molecule has 1 aliphatic carbocycles. The van der Waals surface area contributed by atoms with E-state index >= 15 is 0 Å². The first-order chi connectivity index (χ1) is 13.2. The van der Waals surface area contributed by atoms with Crippen molar-refractivity contribution in [2.75, 3.05) is 6.61 Å². The van der Waals surface area contributed by atoms with E-state index in [0.717, 1.165) is 30.2 Å². The molecule has 0 amide bonds. The standard InChI is InChI=1S/C22H19NO4/c1-2-25-21-8-14(12-23)6-7-19(21)26-13-17-11-22(24)27-20-10-16-5-3-4-15(16)9-18(17)20/h6-11H,2-5,13H2,1H3. The molecular formula is C22H19NO4. The lowest BCUT2D eigenvalue weighted by atomic mass is 10.0. The second kappa shape index (κ2) is 7.16. The fourth-order valence-electron chi connectivity index (χ4n) is 3.53. The Morgan fingerprint density at radius 1 is 1.07 bits per heavy atom. The van der Waals surface area contributed by atoms with E-state index in [4.69, 9.17) is 19.2 Å². The molecule has 1 aromatic heterocycles. The molecule has 5 heteroatoms. The summed E-state index contributed by atoms with van der Waals surface area (Å²) in [6.07, 6.45) is 3.21. The molecule has 27 heavy (non-hydrogen) atoms. The van der Waals surface area contributed by atoms with Crippen LogP contribution < -0.4 is 15.1 Å². The van der Waals surface area contributed by atoms with Crippen molar-refractivity contribution < 1.29 is 13.9 Å². The molecule has 0 atom stereocenters. The zero-order valence-corrected chi connectivity index (χ0v) is 15.1. The molecule has 4 rings (SSSR count). The Morgan fingerprint density at radius 3 is 2.67 bits per heavy atom. The number of hydrogen-bond acceptors (Lipinski definition) is 5. The van der Waals surface area contributed by atoms with Crippen LogP contribution in [0.25, 0.3) is 11.0 Å². The molecule has 0 saturated carbocycles. The monoisotopic (exact) mass is 361 g/mol. The summed E-state index contributed by atoms with van der Waals surface area (Å²) in [6.45, 7) is 2.56. The van der Waals surface area contributed by atoms with Crippen LogP contribution in [0.5, 0.6) is 11.5 Å². The molecule has 0 saturated heterocycles. The number of ether oxygens (including phenoxy) is 2. The van der Waals surface area contributed by atoms with Crippen molar-refractivity contribution in [3.63, 3.8) is 0 Å². The van der Waals surface area contributed by atoms with E-state index in [1.165, 1.54) is 17.2 Å². The van der Waals surface area contributed by atoms with Gasteiger partial charge in [-0.2, -0.15) is 5.26 Å². The van der Waals surface area contributed by atoms with Gasteiger partial charge in [-0.1, -0.05) is 0 Å². The molecule has 5 nitrogen and oxygen atoms in total. The highest BCUT2D eigenvalue weighted by atomic mass is 16.5. The molecule has 136 valence electrons. The molecular weight excluding hydrogens is 342 g/mol. The van der Waals surface area contributed by atoms with Gasteiger partial charge in [0.05, 0.1) is 18.2 Å². The average Bonchev–Trinajstić information content (AvgIpc) is 3.12. The quantitative estimate of drug-likeness (QED) is 0.639. The van der Waals surface area contributed by atoms with Crippen molar-refractivity contribution in [3.05, 3.63) is 69.1 Å². The number of aryl methyl sites for hydroxylation is 2. The molecule has 0 bridgehead atoms. The first-order valence-corrected chi connectivity index (χ1v) is 9.06. The zero-order chi connectivity index (χ0) is 18.8. The third-order valence-corrected chi connectivity index (χ3v) is 4.80. The van der Waals surface area contributed by atoms with Crippen molar-refractivity contribution in [3.8, 4) is 17.6 Å². The van der Waals surface area contributed by atoms with Crippen LogP contribution in [0, 0.1) is 11.3 Å². The van der Waals surface area contributed by atoms with Crippen molar-refractivity contribution >= 4 is 11.0 Å². The number of fused-ring (bicyclic) bond motifs is 2. The summed E-state index contributed by atoms with van der Waals surface area (Å²) in [7, 11) is 0. The van der Waals surface area contributed by atoms with Gasteiger partial charge in [-0.15, -0.1) is 0 Å². The van der Waals surface area contributed by atoms with Crippen molar-refractivity contribution in [2.45, 2.75) is 32.8 Å². The summed E-state index contributed by atoms with van der Waals surface area (Å²) < 4.78 is 16.9. The predicted octanol–water partition coefficient (Wildman–Crippen LogP) is 4.13. The number of benzene rings is 2. The van der Waals surface area contributed by atoms with Gasteiger partial charge in [0.1, 0.15) is 12.2 Å². The second-order valence-corrected chi connectivity index (χ2v) is 6.56. The summed E-state index contributed by atoms with van der Waals surface area (Å²) in [5, 5.41) is 9.97. The predicted molar refractivity (Wildman–Crippen MR) is 101 cm³/mol. The molecule has 3 aromatic rings. The third-order valence-electron chi connectivity index (χ3n) is 4.80. The average molecular weight is 361 g/mol. The minimum atomic E-state index is -0.385. The number of hydrogen-bond donors (Lipinski definition) is 0. The van der Waals surface area contributed by atoms with Gasteiger partial charge in [-0.3, -0.25) is 0 Å². The van der Waals surface area contributed by atoms with Crippen LogP contribution >= 0.6 is 0 Å². The van der Waals surface area contributed by atoms with Crippen LogP contribution in [0.1, 0.15) is 35.6 Å². The molecule has 0 fully saturated rings. The maximum atomic E-state index is 12.0. The van der Waals surface area contributed by atoms with Gasteiger partial charge < -0.3 is 13.9 Å². The minimum Gasteiger partial charge on any atom is -0.490 e. The summed E-state index contributed by atoms with van der Waals surface area (Å²) in [4.78, 5) is 12.0. The molecule has 0 aliphatic heterocycles. The summed E-state index contributed by atoms with van der Waals surface area (Å²) in [6, 6.07) is 12.7. The largest absolute Gasteiger partial charge is 0.490 e. The van der Waals surface area contributed by atoms with E-state index in [9.17, 15) is 4.79 Å². The maximum Gasteiger partial charge on any atom is 0.336 e. The zero-order valence-electron chi connectivity index (χ0n) is 15.1. The Morgan fingerprint density at radius 2 is 1.89 bits per heavy atom. The molecule has 1 aliphatic rings. The van der Waals surface area contributed by atoms with Crippen LogP contribution in [0.2, 0.25) is 0 Å². The van der Waals surface area contributed by atoms with Gasteiger partial charge in [0, 0.05) is 23.1 Å². The third kappa shape index (κ3) is 3.39. The number of nitrogens with zero attached hydrogens (tertiary/aromatic N) is 1. The van der Waals surface area contributed by atoms with Crippen molar-refractivity contribution in [1.82, 2.24) is 0 Å². The molecule has 0 N–H and O–H groups in total. The lowest BCUT2D eigenvalue weighted by molar-refractivity contribution is 0.269. The van der Waals surface area contributed by atoms with Crippen LogP contribution in [-0.2, 0) is 19.4 Å². The summed E-state index contributed by atoms with van der Waals surface area (Å²) in [5.74, 6) is 1.06. The van der Waals surface area contributed by atoms with Crippen LogP contribution in [-0.4, -0.2) is 6.61 Å². The Kier molecular flexibility index (Phi) is 4.55. The highest BCUT2D eigenvalue weighted by molar-refractivity contribution is 5.82. The van der Waals surface area contributed by atoms with E-state index in [-0.39, 0.29) is 12.2 Å². The highest BCUT2D eigenvalue weighted by Gasteiger charge is 2.16. The number of rotatable bonds is 5. The minimum absolute atomic E-state index is 0.215. The van der Waals surface area contributed by atoms with E-state index in [2.05, 4.69) is 12.1 Å². The van der Waals surface area contributed by atoms with Gasteiger partial charge in [0.2, 0.25) is 0 Å². The van der Waals surface area contributed by atoms with E-state index in [1.807, 2.05) is 13.0 Å². The van der Waals surface area contributed by atoms with Crippen LogP contribution in [0.4, 0.5) is 0 Å². The summed E-state index contributed by atoms with van der Waals surface area (Å²) in [5.41, 5.74) is 4.07. The SMILES string of the molecule is CCOc1cc(C#N)ccc1OCc1cc(=O)oc2cc3c(cc12)CCC3. The van der Waals surface area contributed by atoms with Gasteiger partial charge in [0.25, 0.3) is 0 Å². The van der Waals surface area contributed by atoms with Crippen molar-refractivity contribution in [1.29, 1.82) is 5.26 Å². The van der Waals surface area contributed by atoms with E-state index < -0.39 is 0 Å². The molecule has 0 radical (unpaired) electrons. The lowest BCUT2D eigenvalue weighted by Crippen LogP contribution is -2.05. The fraction of sp³-hybridized carbons (Fsp3) is 0.273. The Hall–Kier alpha value is -3.26.